The van der Waals surface area contributed by atoms with Crippen molar-refractivity contribution in [1.29, 1.82) is 0 Å². The maximum absolute atomic E-state index is 6.04. The molecule has 0 aromatic carbocycles. The molecule has 1 saturated carbocycles. The normalized spacial score (nSPS) is 26.0. The molecule has 0 amide bonds. The number of hydrogen-bond acceptors (Lipinski definition) is 6. The van der Waals surface area contributed by atoms with Crippen LogP contribution in [0.2, 0.25) is 0 Å². The van der Waals surface area contributed by atoms with E-state index in [4.69, 9.17) is 4.74 Å². The van der Waals surface area contributed by atoms with Gasteiger partial charge in [-0.3, -0.25) is 4.98 Å². The summed E-state index contributed by atoms with van der Waals surface area (Å²) in [4.78, 5) is 15.9. The van der Waals surface area contributed by atoms with Crippen LogP contribution in [0.15, 0.2) is 36.8 Å². The number of nitrogens with one attached hydrogen (secondary N) is 1. The lowest BCUT2D eigenvalue weighted by Crippen LogP contribution is -2.27. The van der Waals surface area contributed by atoms with E-state index in [-0.39, 0.29) is 0 Å². The first-order chi connectivity index (χ1) is 13.8. The van der Waals surface area contributed by atoms with Crippen LogP contribution < -0.4 is 15.0 Å². The van der Waals surface area contributed by atoms with Gasteiger partial charge < -0.3 is 15.0 Å². The van der Waals surface area contributed by atoms with E-state index in [0.717, 1.165) is 63.0 Å². The highest BCUT2D eigenvalue weighted by molar-refractivity contribution is 5.63. The van der Waals surface area contributed by atoms with Crippen LogP contribution in [0, 0.1) is 17.8 Å². The topological polar surface area (TPSA) is 63.2 Å². The van der Waals surface area contributed by atoms with Gasteiger partial charge in [-0.25, -0.2) is 9.97 Å². The van der Waals surface area contributed by atoms with Gasteiger partial charge in [-0.1, -0.05) is 13.0 Å². The molecule has 2 unspecified atom stereocenters. The minimum Gasteiger partial charge on any atom is -0.492 e. The number of nitrogens with zero attached hydrogens (tertiary/aromatic N) is 4. The lowest BCUT2D eigenvalue weighted by atomic mass is 10.1. The molecular formula is C22H27N5O. The van der Waals surface area contributed by atoms with Crippen molar-refractivity contribution in [2.75, 3.05) is 37.7 Å². The predicted molar refractivity (Wildman–Crippen MR) is 109 cm³/mol. The molecule has 3 atom stereocenters. The first-order valence-corrected chi connectivity index (χ1v) is 10.4. The Hall–Kier alpha value is -2.47. The van der Waals surface area contributed by atoms with Crippen LogP contribution >= 0.6 is 0 Å². The Kier molecular flexibility index (Phi) is 4.72. The highest BCUT2D eigenvalue weighted by atomic mass is 16.5. The Bertz CT molecular complexity index is 836. The average molecular weight is 377 g/mol. The van der Waals surface area contributed by atoms with Crippen LogP contribution in [-0.4, -0.2) is 47.7 Å². The summed E-state index contributed by atoms with van der Waals surface area (Å²) in [6, 6.07) is 4.14. The van der Waals surface area contributed by atoms with Gasteiger partial charge in [0.25, 0.3) is 0 Å². The second-order valence-electron chi connectivity index (χ2n) is 8.02. The molecule has 3 aliphatic rings. The van der Waals surface area contributed by atoms with E-state index in [1.165, 1.54) is 11.1 Å². The molecule has 0 spiro atoms. The minimum atomic E-state index is 0.651. The van der Waals surface area contributed by atoms with E-state index in [2.05, 4.69) is 50.3 Å². The van der Waals surface area contributed by atoms with Crippen LogP contribution in [-0.2, 0) is 6.42 Å². The second-order valence-corrected chi connectivity index (χ2v) is 8.02. The largest absolute Gasteiger partial charge is 0.492 e. The number of ether oxygens (including phenoxy) is 1. The number of piperidine rings is 1. The first kappa shape index (κ1) is 17.6. The molecular weight excluding hydrogens is 350 g/mol. The zero-order valence-corrected chi connectivity index (χ0v) is 16.3. The lowest BCUT2D eigenvalue weighted by Gasteiger charge is -2.20. The SMILES string of the molecule is CCc1cnc(N2CC3C(COc4ccc(C5=CCNCC5)nc4)[C@@H]3C2)nc1. The monoisotopic (exact) mass is 377 g/mol. The Morgan fingerprint density at radius 1 is 1.11 bits per heavy atom. The molecule has 1 saturated heterocycles. The van der Waals surface area contributed by atoms with E-state index in [9.17, 15) is 0 Å². The summed E-state index contributed by atoms with van der Waals surface area (Å²) in [6.07, 6.45) is 10.0. The van der Waals surface area contributed by atoms with Gasteiger partial charge >= 0.3 is 0 Å². The minimum absolute atomic E-state index is 0.651. The van der Waals surface area contributed by atoms with Crippen LogP contribution in [0.25, 0.3) is 5.57 Å². The summed E-state index contributed by atoms with van der Waals surface area (Å²) >= 11 is 0. The van der Waals surface area contributed by atoms with Crippen molar-refractivity contribution >= 4 is 11.5 Å². The zero-order valence-electron chi connectivity index (χ0n) is 16.3. The van der Waals surface area contributed by atoms with E-state index >= 15 is 0 Å². The lowest BCUT2D eigenvalue weighted by molar-refractivity contribution is 0.282. The third-order valence-corrected chi connectivity index (χ3v) is 6.33. The summed E-state index contributed by atoms with van der Waals surface area (Å²) in [5.74, 6) is 3.82. The Labute approximate surface area is 166 Å². The first-order valence-electron chi connectivity index (χ1n) is 10.4. The molecule has 2 aromatic heterocycles. The molecule has 2 aliphatic heterocycles. The van der Waals surface area contributed by atoms with E-state index < -0.39 is 0 Å². The molecule has 5 rings (SSSR count). The molecule has 28 heavy (non-hydrogen) atoms. The molecule has 4 heterocycles. The highest BCUT2D eigenvalue weighted by Crippen LogP contribution is 2.52. The fraction of sp³-hybridized carbons (Fsp3) is 0.500. The molecule has 0 radical (unpaired) electrons. The van der Waals surface area contributed by atoms with Gasteiger partial charge in [0, 0.05) is 37.9 Å². The van der Waals surface area contributed by atoms with Crippen molar-refractivity contribution in [2.45, 2.75) is 19.8 Å². The van der Waals surface area contributed by atoms with Gasteiger partial charge in [0.15, 0.2) is 0 Å². The summed E-state index contributed by atoms with van der Waals surface area (Å²) < 4.78 is 6.04. The standard InChI is InChI=1S/C22H27N5O/c1-2-15-9-25-22(26-10-15)27-12-18-19(13-27)20(18)14-28-17-3-4-21(24-11-17)16-5-7-23-8-6-16/h3-5,9-11,18-20,23H,2,6-8,12-14H2,1H3/t18-,19?,20?/m1/s1. The summed E-state index contributed by atoms with van der Waals surface area (Å²) in [5.41, 5.74) is 3.59. The average Bonchev–Trinajstić information content (AvgIpc) is 3.22. The van der Waals surface area contributed by atoms with Crippen LogP contribution in [0.5, 0.6) is 5.75 Å². The number of aromatic nitrogens is 3. The highest BCUT2D eigenvalue weighted by Gasteiger charge is 2.56. The van der Waals surface area contributed by atoms with E-state index in [0.29, 0.717) is 17.8 Å². The van der Waals surface area contributed by atoms with Gasteiger partial charge in [0.2, 0.25) is 5.95 Å². The Balaban J connectivity index is 1.11. The maximum Gasteiger partial charge on any atom is 0.225 e. The van der Waals surface area contributed by atoms with Crippen molar-refractivity contribution < 1.29 is 4.74 Å². The van der Waals surface area contributed by atoms with Crippen molar-refractivity contribution in [3.8, 4) is 5.75 Å². The molecule has 1 N–H and O–H groups in total. The Morgan fingerprint density at radius 3 is 2.57 bits per heavy atom. The number of rotatable bonds is 6. The van der Waals surface area contributed by atoms with Gasteiger partial charge in [0.1, 0.15) is 5.75 Å². The molecule has 1 aliphatic carbocycles. The predicted octanol–water partition coefficient (Wildman–Crippen LogP) is 2.57. The zero-order chi connectivity index (χ0) is 18.9. The van der Waals surface area contributed by atoms with Crippen LogP contribution in [0.1, 0.15) is 24.6 Å². The van der Waals surface area contributed by atoms with Crippen LogP contribution in [0.4, 0.5) is 5.95 Å². The van der Waals surface area contributed by atoms with Crippen LogP contribution in [0.3, 0.4) is 0 Å². The van der Waals surface area contributed by atoms with Crippen molar-refractivity contribution in [3.05, 3.63) is 48.1 Å². The van der Waals surface area contributed by atoms with Crippen molar-refractivity contribution in [1.82, 2.24) is 20.3 Å². The number of fused-ring (bicyclic) bond motifs is 1. The van der Waals surface area contributed by atoms with Crippen molar-refractivity contribution in [3.63, 3.8) is 0 Å². The number of anilines is 1. The number of aryl methyl sites for hydroxylation is 1. The second kappa shape index (κ2) is 7.51. The van der Waals surface area contributed by atoms with E-state index in [1.54, 1.807) is 0 Å². The van der Waals surface area contributed by atoms with Gasteiger partial charge in [-0.05, 0) is 54.5 Å². The van der Waals surface area contributed by atoms with Gasteiger partial charge in [0.05, 0.1) is 18.5 Å². The third-order valence-electron chi connectivity index (χ3n) is 6.33. The molecule has 0 bridgehead atoms. The Morgan fingerprint density at radius 2 is 1.93 bits per heavy atom. The smallest absolute Gasteiger partial charge is 0.225 e. The van der Waals surface area contributed by atoms with E-state index in [1.807, 2.05) is 18.6 Å². The number of pyridine rings is 1. The molecule has 6 heteroatoms. The molecule has 2 aromatic rings. The summed E-state index contributed by atoms with van der Waals surface area (Å²) in [5, 5.41) is 3.33. The quantitative estimate of drug-likeness (QED) is 0.835. The summed E-state index contributed by atoms with van der Waals surface area (Å²) in [6.45, 7) is 6.97. The number of hydrogen-bond donors (Lipinski definition) is 1. The van der Waals surface area contributed by atoms with Gasteiger partial charge in [-0.15, -0.1) is 0 Å². The fourth-order valence-electron chi connectivity index (χ4n) is 4.46. The fourth-order valence-corrected chi connectivity index (χ4v) is 4.46. The maximum atomic E-state index is 6.04. The summed E-state index contributed by atoms with van der Waals surface area (Å²) in [7, 11) is 0. The molecule has 146 valence electrons. The molecule has 2 fully saturated rings. The van der Waals surface area contributed by atoms with Gasteiger partial charge in [-0.2, -0.15) is 0 Å². The van der Waals surface area contributed by atoms with Crippen molar-refractivity contribution in [2.24, 2.45) is 17.8 Å². The molecule has 6 nitrogen and oxygen atoms in total. The third kappa shape index (κ3) is 3.49.